The molecule has 0 saturated heterocycles. The van der Waals surface area contributed by atoms with E-state index in [9.17, 15) is 0 Å². The number of nitrogens with zero attached hydrogens (tertiary/aromatic N) is 1. The first kappa shape index (κ1) is 12.8. The predicted octanol–water partition coefficient (Wildman–Crippen LogP) is 3.31. The van der Waals surface area contributed by atoms with Crippen molar-refractivity contribution in [1.82, 2.24) is 0 Å². The Kier molecular flexibility index (Phi) is 6.14. The molecule has 0 saturated carbocycles. The number of hydrogen-bond donors (Lipinski definition) is 0. The Morgan fingerprint density at radius 1 is 1.31 bits per heavy atom. The Balaban J connectivity index is 0.00000144. The van der Waals surface area contributed by atoms with Gasteiger partial charge in [-0.25, -0.2) is 0 Å². The van der Waals surface area contributed by atoms with E-state index in [4.69, 9.17) is 0 Å². The average Bonchev–Trinajstić information content (AvgIpc) is 2.05. The molecule has 1 aromatic rings. The van der Waals surface area contributed by atoms with E-state index in [1.807, 2.05) is 7.05 Å². The molecule has 71 valence electrons. The number of rotatable bonds is 3. The summed E-state index contributed by atoms with van der Waals surface area (Å²) in [4.78, 5) is 0. The van der Waals surface area contributed by atoms with Gasteiger partial charge in [-0.15, -0.1) is 6.54 Å². The predicted molar refractivity (Wildman–Crippen MR) is 53.5 cm³/mol. The Hall–Kier alpha value is -0.236. The van der Waals surface area contributed by atoms with E-state index < -0.39 is 0 Å². The SMILES string of the molecule is C[N-]Cc1cccc(C(C)C)c1.[V]. The van der Waals surface area contributed by atoms with Gasteiger partial charge in [0.2, 0.25) is 0 Å². The Morgan fingerprint density at radius 2 is 2.00 bits per heavy atom. The van der Waals surface area contributed by atoms with Gasteiger partial charge < -0.3 is 5.32 Å². The van der Waals surface area contributed by atoms with Crippen molar-refractivity contribution in [2.75, 3.05) is 7.05 Å². The Bertz CT molecular complexity index is 246. The monoisotopic (exact) mass is 213 g/mol. The van der Waals surface area contributed by atoms with E-state index in [0.717, 1.165) is 6.54 Å². The van der Waals surface area contributed by atoms with Crippen LogP contribution >= 0.6 is 0 Å². The van der Waals surface area contributed by atoms with Gasteiger partial charge in [-0.1, -0.05) is 43.7 Å². The number of hydrogen-bond acceptors (Lipinski definition) is 0. The van der Waals surface area contributed by atoms with Crippen molar-refractivity contribution in [1.29, 1.82) is 0 Å². The molecule has 0 fully saturated rings. The van der Waals surface area contributed by atoms with Crippen LogP contribution in [-0.4, -0.2) is 7.05 Å². The standard InChI is InChI=1S/C11H16N.V/c1-9(2)11-6-4-5-10(7-11)8-12-3;/h4-7,9H,8H2,1-3H3;/q-1;. The second kappa shape index (κ2) is 6.25. The van der Waals surface area contributed by atoms with Crippen LogP contribution in [0.2, 0.25) is 0 Å². The zero-order valence-electron chi connectivity index (χ0n) is 8.49. The fraction of sp³-hybridized carbons (Fsp3) is 0.455. The van der Waals surface area contributed by atoms with Crippen LogP contribution in [0.25, 0.3) is 5.32 Å². The molecule has 1 aromatic carbocycles. The molecular formula is C11H16NV-. The molecule has 0 amide bonds. The molecule has 1 nitrogen and oxygen atoms in total. The van der Waals surface area contributed by atoms with E-state index >= 15 is 0 Å². The molecule has 2 heteroatoms. The fourth-order valence-electron chi connectivity index (χ4n) is 1.23. The van der Waals surface area contributed by atoms with E-state index in [0.29, 0.717) is 5.92 Å². The molecule has 0 spiro atoms. The Morgan fingerprint density at radius 3 is 2.54 bits per heavy atom. The average molecular weight is 213 g/mol. The summed E-state index contributed by atoms with van der Waals surface area (Å²) < 4.78 is 0. The van der Waals surface area contributed by atoms with Crippen LogP contribution in [0.3, 0.4) is 0 Å². The molecule has 0 heterocycles. The second-order valence-electron chi connectivity index (χ2n) is 3.37. The smallest absolute Gasteiger partial charge is 0 e. The van der Waals surface area contributed by atoms with Gasteiger partial charge in [0.25, 0.3) is 0 Å². The molecule has 0 N–H and O–H groups in total. The number of benzene rings is 1. The summed E-state index contributed by atoms with van der Waals surface area (Å²) in [7, 11) is 1.85. The van der Waals surface area contributed by atoms with Crippen LogP contribution in [0.4, 0.5) is 0 Å². The summed E-state index contributed by atoms with van der Waals surface area (Å²) in [5, 5.41) is 4.11. The van der Waals surface area contributed by atoms with Crippen molar-refractivity contribution >= 4 is 0 Å². The maximum Gasteiger partial charge on any atom is 0 e. The second-order valence-corrected chi connectivity index (χ2v) is 3.37. The van der Waals surface area contributed by atoms with E-state index in [2.05, 4.69) is 43.4 Å². The fourth-order valence-corrected chi connectivity index (χ4v) is 1.23. The topological polar surface area (TPSA) is 14.1 Å². The first-order valence-corrected chi connectivity index (χ1v) is 4.38. The molecule has 1 rings (SSSR count). The van der Waals surface area contributed by atoms with Crippen LogP contribution in [0.15, 0.2) is 24.3 Å². The van der Waals surface area contributed by atoms with Gasteiger partial charge in [-0.05, 0) is 11.5 Å². The van der Waals surface area contributed by atoms with Crippen LogP contribution in [-0.2, 0) is 25.1 Å². The summed E-state index contributed by atoms with van der Waals surface area (Å²) >= 11 is 0. The minimum absolute atomic E-state index is 0. The first-order valence-electron chi connectivity index (χ1n) is 4.38. The maximum absolute atomic E-state index is 4.11. The molecule has 0 bridgehead atoms. The summed E-state index contributed by atoms with van der Waals surface area (Å²) in [5.41, 5.74) is 2.71. The molecule has 0 aromatic heterocycles. The van der Waals surface area contributed by atoms with Gasteiger partial charge in [0.05, 0.1) is 0 Å². The molecule has 0 aliphatic rings. The minimum atomic E-state index is 0. The van der Waals surface area contributed by atoms with Gasteiger partial charge >= 0.3 is 0 Å². The molecule has 1 radical (unpaired) electrons. The van der Waals surface area contributed by atoms with Crippen molar-refractivity contribution in [2.45, 2.75) is 26.3 Å². The van der Waals surface area contributed by atoms with Crippen molar-refractivity contribution in [3.05, 3.63) is 40.7 Å². The molecule has 0 aliphatic carbocycles. The van der Waals surface area contributed by atoms with Gasteiger partial charge in [-0.3, -0.25) is 0 Å². The van der Waals surface area contributed by atoms with Crippen LogP contribution < -0.4 is 0 Å². The molecule has 0 atom stereocenters. The van der Waals surface area contributed by atoms with E-state index in [-0.39, 0.29) is 18.6 Å². The van der Waals surface area contributed by atoms with Gasteiger partial charge in [0.1, 0.15) is 0 Å². The van der Waals surface area contributed by atoms with Crippen LogP contribution in [0.5, 0.6) is 0 Å². The van der Waals surface area contributed by atoms with Crippen LogP contribution in [0.1, 0.15) is 30.9 Å². The summed E-state index contributed by atoms with van der Waals surface area (Å²) in [5.74, 6) is 0.613. The van der Waals surface area contributed by atoms with Crippen molar-refractivity contribution in [3.8, 4) is 0 Å². The maximum atomic E-state index is 4.11. The van der Waals surface area contributed by atoms with Crippen LogP contribution in [0, 0.1) is 0 Å². The normalized spacial score (nSPS) is 9.85. The first-order chi connectivity index (χ1) is 5.74. The third kappa shape index (κ3) is 3.99. The zero-order chi connectivity index (χ0) is 8.97. The van der Waals surface area contributed by atoms with Crippen molar-refractivity contribution in [3.63, 3.8) is 0 Å². The molecular weight excluding hydrogens is 197 g/mol. The van der Waals surface area contributed by atoms with Gasteiger partial charge in [-0.2, -0.15) is 7.05 Å². The molecule has 0 unspecified atom stereocenters. The Labute approximate surface area is 92.8 Å². The third-order valence-corrected chi connectivity index (χ3v) is 1.96. The van der Waals surface area contributed by atoms with E-state index in [1.165, 1.54) is 11.1 Å². The molecule has 0 aliphatic heterocycles. The zero-order valence-corrected chi connectivity index (χ0v) is 9.88. The quantitative estimate of drug-likeness (QED) is 0.731. The van der Waals surface area contributed by atoms with Gasteiger partial charge in [0, 0.05) is 18.6 Å². The van der Waals surface area contributed by atoms with Gasteiger partial charge in [0.15, 0.2) is 0 Å². The van der Waals surface area contributed by atoms with E-state index in [1.54, 1.807) is 0 Å². The summed E-state index contributed by atoms with van der Waals surface area (Å²) in [6.45, 7) is 5.25. The van der Waals surface area contributed by atoms with Crippen molar-refractivity contribution < 1.29 is 18.6 Å². The molecule has 13 heavy (non-hydrogen) atoms. The summed E-state index contributed by atoms with van der Waals surface area (Å²) in [6.07, 6.45) is 0. The minimum Gasteiger partial charge on any atom is -0.661 e. The largest absolute Gasteiger partial charge is 0.661 e. The summed E-state index contributed by atoms with van der Waals surface area (Å²) in [6, 6.07) is 8.64. The van der Waals surface area contributed by atoms with Crippen molar-refractivity contribution in [2.24, 2.45) is 0 Å². The third-order valence-electron chi connectivity index (χ3n) is 1.96.